The van der Waals surface area contributed by atoms with E-state index in [1.165, 1.54) is 42.5 Å². The van der Waals surface area contributed by atoms with E-state index in [1.807, 2.05) is 31.3 Å². The number of allylic oxidation sites excluding steroid dienone is 2. The highest BCUT2D eigenvalue weighted by molar-refractivity contribution is 9.10. The van der Waals surface area contributed by atoms with Gasteiger partial charge in [0.1, 0.15) is 12.1 Å². The van der Waals surface area contributed by atoms with E-state index in [0.717, 1.165) is 64.6 Å². The summed E-state index contributed by atoms with van der Waals surface area (Å²) < 4.78 is 1.04. The molecule has 3 aliphatic carbocycles. The van der Waals surface area contributed by atoms with Gasteiger partial charge in [0.25, 0.3) is 0 Å². The van der Waals surface area contributed by atoms with Crippen molar-refractivity contribution in [3.63, 3.8) is 0 Å². The van der Waals surface area contributed by atoms with Crippen molar-refractivity contribution in [2.75, 3.05) is 12.4 Å². The second-order valence-electron chi connectivity index (χ2n) is 11.3. The number of nitrogens with zero attached hydrogens (tertiary/aromatic N) is 2. The van der Waals surface area contributed by atoms with Crippen LogP contribution >= 0.6 is 15.9 Å². The van der Waals surface area contributed by atoms with Crippen LogP contribution in [0, 0.1) is 17.8 Å². The predicted octanol–water partition coefficient (Wildman–Crippen LogP) is 7.79. The molecule has 6 rings (SSSR count). The standard InChI is InChI=1S/C25H31N3.C8H7BrO/c1-15-10-16(2)21-14-19(21)12-17(11-15)13-23-25(26-3)28-22-9-8-18-6-4-5-7-20(18)24(22)27-23;9-8-3-1-7(2-4-8)5-6-10/h4-7,15,17,19H,8-14H2,1-3H3,(H,26,28);1-4,6H,5H2/b21-16+;. The van der Waals surface area contributed by atoms with E-state index >= 15 is 0 Å². The zero-order valence-electron chi connectivity index (χ0n) is 22.8. The van der Waals surface area contributed by atoms with Crippen LogP contribution in [0.5, 0.6) is 0 Å². The average Bonchev–Trinajstić information content (AvgIpc) is 3.68. The Morgan fingerprint density at radius 3 is 2.58 bits per heavy atom. The van der Waals surface area contributed by atoms with Crippen molar-refractivity contribution in [3.05, 3.63) is 86.7 Å². The van der Waals surface area contributed by atoms with Crippen molar-refractivity contribution in [2.24, 2.45) is 17.8 Å². The molecule has 198 valence electrons. The average molecular weight is 573 g/mol. The summed E-state index contributed by atoms with van der Waals surface area (Å²) in [6, 6.07) is 16.4. The van der Waals surface area contributed by atoms with E-state index in [9.17, 15) is 4.79 Å². The molecule has 3 aromatic rings. The normalized spacial score (nSPS) is 23.4. The van der Waals surface area contributed by atoms with Gasteiger partial charge in [0.15, 0.2) is 0 Å². The van der Waals surface area contributed by atoms with Gasteiger partial charge in [-0.2, -0.15) is 0 Å². The molecule has 1 saturated carbocycles. The third kappa shape index (κ3) is 6.26. The van der Waals surface area contributed by atoms with Gasteiger partial charge in [-0.1, -0.05) is 70.4 Å². The first-order valence-corrected chi connectivity index (χ1v) is 14.8. The Morgan fingerprint density at radius 2 is 1.82 bits per heavy atom. The van der Waals surface area contributed by atoms with Gasteiger partial charge >= 0.3 is 0 Å². The summed E-state index contributed by atoms with van der Waals surface area (Å²) in [6.07, 6.45) is 9.78. The number of hydrogen-bond acceptors (Lipinski definition) is 4. The van der Waals surface area contributed by atoms with Crippen molar-refractivity contribution >= 4 is 28.0 Å². The smallest absolute Gasteiger partial charge is 0.147 e. The highest BCUT2D eigenvalue weighted by Gasteiger charge is 2.36. The van der Waals surface area contributed by atoms with Gasteiger partial charge in [-0.15, -0.1) is 0 Å². The zero-order chi connectivity index (χ0) is 26.6. The molecule has 38 heavy (non-hydrogen) atoms. The first kappa shape index (κ1) is 26.8. The lowest BCUT2D eigenvalue weighted by Crippen LogP contribution is -2.17. The number of carbonyl (C=O) groups is 1. The van der Waals surface area contributed by atoms with Crippen LogP contribution in [0.1, 0.15) is 62.0 Å². The lowest BCUT2D eigenvalue weighted by Gasteiger charge is -2.25. The van der Waals surface area contributed by atoms with Crippen LogP contribution in [0.2, 0.25) is 0 Å². The van der Waals surface area contributed by atoms with Crippen molar-refractivity contribution in [1.29, 1.82) is 0 Å². The Morgan fingerprint density at radius 1 is 1.03 bits per heavy atom. The first-order valence-electron chi connectivity index (χ1n) is 14.0. The van der Waals surface area contributed by atoms with Gasteiger partial charge in [0, 0.05) is 23.5 Å². The van der Waals surface area contributed by atoms with Crippen LogP contribution in [0.25, 0.3) is 11.3 Å². The fourth-order valence-electron chi connectivity index (χ4n) is 6.38. The molecule has 0 bridgehead atoms. The van der Waals surface area contributed by atoms with Gasteiger partial charge in [-0.05, 0) is 92.9 Å². The molecule has 4 nitrogen and oxygen atoms in total. The Balaban J connectivity index is 0.000000249. The van der Waals surface area contributed by atoms with E-state index in [1.54, 1.807) is 11.1 Å². The summed E-state index contributed by atoms with van der Waals surface area (Å²) in [5, 5.41) is 3.34. The minimum absolute atomic E-state index is 0.507. The van der Waals surface area contributed by atoms with Crippen LogP contribution in [-0.2, 0) is 30.5 Å². The number of anilines is 1. The summed E-state index contributed by atoms with van der Waals surface area (Å²) in [6.45, 7) is 4.78. The number of aldehydes is 1. The summed E-state index contributed by atoms with van der Waals surface area (Å²) in [5.74, 6) is 3.32. The Bertz CT molecular complexity index is 1330. The lowest BCUT2D eigenvalue weighted by molar-refractivity contribution is -0.107. The van der Waals surface area contributed by atoms with Gasteiger partial charge in [-0.3, -0.25) is 0 Å². The molecule has 0 saturated heterocycles. The molecule has 5 heteroatoms. The molecular formula is C33H38BrN3O. The van der Waals surface area contributed by atoms with Gasteiger partial charge in [-0.25, -0.2) is 9.97 Å². The number of benzene rings is 2. The monoisotopic (exact) mass is 571 g/mol. The molecule has 2 aromatic carbocycles. The number of halogens is 1. The van der Waals surface area contributed by atoms with E-state index in [4.69, 9.17) is 9.97 Å². The summed E-state index contributed by atoms with van der Waals surface area (Å²) in [7, 11) is 1.99. The van der Waals surface area contributed by atoms with Crippen molar-refractivity contribution in [1.82, 2.24) is 9.97 Å². The van der Waals surface area contributed by atoms with Crippen LogP contribution in [-0.4, -0.2) is 23.3 Å². The Hall–Kier alpha value is -2.79. The Kier molecular flexibility index (Phi) is 8.42. The van der Waals surface area contributed by atoms with Crippen LogP contribution < -0.4 is 5.32 Å². The van der Waals surface area contributed by atoms with E-state index in [2.05, 4.69) is 59.4 Å². The first-order chi connectivity index (χ1) is 18.4. The highest BCUT2D eigenvalue weighted by Crippen LogP contribution is 2.49. The molecule has 1 heterocycles. The fraction of sp³-hybridized carbons (Fsp3) is 0.424. The van der Waals surface area contributed by atoms with Crippen molar-refractivity contribution in [2.45, 2.75) is 65.2 Å². The van der Waals surface area contributed by atoms with Gasteiger partial charge in [0.05, 0.1) is 17.1 Å². The largest absolute Gasteiger partial charge is 0.372 e. The van der Waals surface area contributed by atoms with E-state index in [0.29, 0.717) is 12.3 Å². The minimum Gasteiger partial charge on any atom is -0.372 e. The molecule has 0 aliphatic heterocycles. The number of fused-ring (bicyclic) bond motifs is 4. The van der Waals surface area contributed by atoms with Crippen LogP contribution in [0.4, 0.5) is 5.82 Å². The van der Waals surface area contributed by atoms with Crippen LogP contribution in [0.15, 0.2) is 64.1 Å². The number of aromatic nitrogens is 2. The van der Waals surface area contributed by atoms with Gasteiger partial charge in [0.2, 0.25) is 0 Å². The molecule has 3 aliphatic rings. The molecular weight excluding hydrogens is 534 g/mol. The van der Waals surface area contributed by atoms with Crippen LogP contribution in [0.3, 0.4) is 0 Å². The number of carbonyl (C=O) groups excluding carboxylic acids is 1. The Labute approximate surface area is 235 Å². The fourth-order valence-corrected chi connectivity index (χ4v) is 6.64. The number of rotatable bonds is 5. The maximum absolute atomic E-state index is 10.0. The maximum Gasteiger partial charge on any atom is 0.147 e. The molecule has 1 fully saturated rings. The van der Waals surface area contributed by atoms with Gasteiger partial charge < -0.3 is 10.1 Å². The quantitative estimate of drug-likeness (QED) is 0.251. The molecule has 0 spiro atoms. The molecule has 0 radical (unpaired) electrons. The second-order valence-corrected chi connectivity index (χ2v) is 12.2. The highest BCUT2D eigenvalue weighted by atomic mass is 79.9. The topological polar surface area (TPSA) is 54.9 Å². The third-order valence-electron chi connectivity index (χ3n) is 8.25. The molecule has 3 unspecified atom stereocenters. The third-order valence-corrected chi connectivity index (χ3v) is 8.78. The molecule has 3 atom stereocenters. The number of nitrogens with one attached hydrogen (secondary N) is 1. The lowest BCUT2D eigenvalue weighted by atomic mass is 9.83. The number of hydrogen-bond donors (Lipinski definition) is 1. The summed E-state index contributed by atoms with van der Waals surface area (Å²) in [5.41, 5.74) is 10.6. The summed E-state index contributed by atoms with van der Waals surface area (Å²) >= 11 is 3.31. The summed E-state index contributed by atoms with van der Waals surface area (Å²) in [4.78, 5) is 20.3. The molecule has 1 N–H and O–H groups in total. The maximum atomic E-state index is 10.0. The number of aryl methyl sites for hydroxylation is 2. The minimum atomic E-state index is 0.507. The van der Waals surface area contributed by atoms with Crippen molar-refractivity contribution < 1.29 is 4.79 Å². The van der Waals surface area contributed by atoms with Crippen molar-refractivity contribution in [3.8, 4) is 11.3 Å². The van der Waals surface area contributed by atoms with E-state index < -0.39 is 0 Å². The molecule has 0 amide bonds. The second kappa shape index (κ2) is 11.9. The molecule has 1 aromatic heterocycles. The zero-order valence-corrected chi connectivity index (χ0v) is 24.4. The SMILES string of the molecule is CNc1nc2c(nc1CC1CC(C)C/C(C)=C3\CC3C1)-c1ccccc1CC2.O=CCc1ccc(Br)cc1. The predicted molar refractivity (Wildman–Crippen MR) is 159 cm³/mol. The van der Waals surface area contributed by atoms with E-state index in [-0.39, 0.29) is 0 Å².